The molecule has 0 aliphatic rings. The normalized spacial score (nSPS) is 11.6. The first-order valence-corrected chi connectivity index (χ1v) is 5.15. The summed E-state index contributed by atoms with van der Waals surface area (Å²) in [5, 5.41) is 9.02. The predicted molar refractivity (Wildman–Crippen MR) is 58.5 cm³/mol. The van der Waals surface area contributed by atoms with Gasteiger partial charge in [-0.05, 0) is 18.2 Å². The predicted octanol–water partition coefficient (Wildman–Crippen LogP) is 4.36. The van der Waals surface area contributed by atoms with Gasteiger partial charge in [0.1, 0.15) is 17.4 Å². The molecule has 0 amide bonds. The molecule has 0 aliphatic heterocycles. The zero-order valence-corrected chi connectivity index (χ0v) is 9.30. The van der Waals surface area contributed by atoms with Crippen LogP contribution in [0.3, 0.4) is 0 Å². The molecule has 0 unspecified atom stereocenters. The zero-order chi connectivity index (χ0) is 14.2. The number of alkyl halides is 3. The molecule has 1 nitrogen and oxygen atoms in total. The maximum atomic E-state index is 13.8. The Labute approximate surface area is 104 Å². The zero-order valence-electron chi connectivity index (χ0n) is 9.30. The van der Waals surface area contributed by atoms with Gasteiger partial charge >= 0.3 is 6.18 Å². The third-order valence-corrected chi connectivity index (χ3v) is 2.55. The summed E-state index contributed by atoms with van der Waals surface area (Å²) in [6, 6.07) is 5.40. The van der Waals surface area contributed by atoms with E-state index >= 15 is 0 Å². The molecular weight excluding hydrogens is 267 g/mol. The molecule has 0 bridgehead atoms. The molecule has 2 aromatic rings. The van der Waals surface area contributed by atoms with E-state index in [0.717, 1.165) is 24.3 Å². The van der Waals surface area contributed by atoms with Crippen LogP contribution in [0.5, 0.6) is 5.75 Å². The highest BCUT2D eigenvalue weighted by Gasteiger charge is 2.35. The van der Waals surface area contributed by atoms with Gasteiger partial charge in [0.2, 0.25) is 0 Å². The van der Waals surface area contributed by atoms with Gasteiger partial charge in [-0.3, -0.25) is 0 Å². The fourth-order valence-corrected chi connectivity index (χ4v) is 1.68. The third kappa shape index (κ3) is 2.52. The molecular formula is C13H7F5O. The van der Waals surface area contributed by atoms with Crippen molar-refractivity contribution in [1.29, 1.82) is 0 Å². The van der Waals surface area contributed by atoms with Crippen molar-refractivity contribution >= 4 is 0 Å². The average molecular weight is 274 g/mol. The molecule has 0 aliphatic carbocycles. The Morgan fingerprint density at radius 2 is 1.58 bits per heavy atom. The third-order valence-electron chi connectivity index (χ3n) is 2.55. The Morgan fingerprint density at radius 1 is 0.895 bits per heavy atom. The van der Waals surface area contributed by atoms with Gasteiger partial charge in [-0.25, -0.2) is 8.78 Å². The minimum Gasteiger partial charge on any atom is -0.508 e. The molecule has 0 atom stereocenters. The van der Waals surface area contributed by atoms with Crippen LogP contribution in [-0.4, -0.2) is 5.11 Å². The second kappa shape index (κ2) is 4.53. The Bertz CT molecular complexity index is 619. The molecule has 6 heteroatoms. The summed E-state index contributed by atoms with van der Waals surface area (Å²) in [6.07, 6.45) is -4.85. The van der Waals surface area contributed by atoms with E-state index in [1.807, 2.05) is 0 Å². The van der Waals surface area contributed by atoms with Crippen LogP contribution < -0.4 is 0 Å². The highest BCUT2D eigenvalue weighted by atomic mass is 19.4. The summed E-state index contributed by atoms with van der Waals surface area (Å²) in [7, 11) is 0. The first kappa shape index (κ1) is 13.3. The highest BCUT2D eigenvalue weighted by Crippen LogP contribution is 2.36. The number of aromatic hydroxyl groups is 1. The Balaban J connectivity index is 2.64. The molecule has 0 radical (unpaired) electrons. The second-order valence-corrected chi connectivity index (χ2v) is 3.83. The quantitative estimate of drug-likeness (QED) is 0.766. The summed E-state index contributed by atoms with van der Waals surface area (Å²) in [5.41, 5.74) is -2.31. The Kier molecular flexibility index (Phi) is 3.18. The van der Waals surface area contributed by atoms with E-state index in [9.17, 15) is 22.0 Å². The smallest absolute Gasteiger partial charge is 0.419 e. The minimum absolute atomic E-state index is 0.346. The number of hydrogen-bond acceptors (Lipinski definition) is 1. The number of rotatable bonds is 1. The number of benzene rings is 2. The molecule has 0 saturated carbocycles. The van der Waals surface area contributed by atoms with Gasteiger partial charge < -0.3 is 5.11 Å². The van der Waals surface area contributed by atoms with E-state index in [1.54, 1.807) is 0 Å². The number of phenolic OH excluding ortho intramolecular Hbond substituents is 1. The van der Waals surface area contributed by atoms with Crippen molar-refractivity contribution in [2.24, 2.45) is 0 Å². The van der Waals surface area contributed by atoms with Crippen molar-refractivity contribution < 1.29 is 27.1 Å². The molecule has 1 N–H and O–H groups in total. The van der Waals surface area contributed by atoms with E-state index in [1.165, 1.54) is 0 Å². The van der Waals surface area contributed by atoms with Gasteiger partial charge in [-0.15, -0.1) is 0 Å². The SMILES string of the molecule is Oc1ccc(-c2cccc(C(F)(F)F)c2F)c(F)c1. The average Bonchev–Trinajstić information content (AvgIpc) is 2.28. The van der Waals surface area contributed by atoms with Crippen molar-refractivity contribution in [1.82, 2.24) is 0 Å². The van der Waals surface area contributed by atoms with Gasteiger partial charge in [-0.2, -0.15) is 13.2 Å². The first-order valence-electron chi connectivity index (χ1n) is 5.15. The van der Waals surface area contributed by atoms with Crippen molar-refractivity contribution in [3.05, 3.63) is 53.6 Å². The summed E-state index contributed by atoms with van der Waals surface area (Å²) in [5.74, 6) is -2.94. The topological polar surface area (TPSA) is 20.2 Å². The summed E-state index contributed by atoms with van der Waals surface area (Å²) < 4.78 is 64.9. The number of halogens is 5. The van der Waals surface area contributed by atoms with Gasteiger partial charge in [0.05, 0.1) is 5.56 Å². The van der Waals surface area contributed by atoms with Gasteiger partial charge in [0.25, 0.3) is 0 Å². The largest absolute Gasteiger partial charge is 0.508 e. The van der Waals surface area contributed by atoms with Crippen LogP contribution in [0.4, 0.5) is 22.0 Å². The molecule has 19 heavy (non-hydrogen) atoms. The highest BCUT2D eigenvalue weighted by molar-refractivity contribution is 5.66. The molecule has 2 rings (SSSR count). The lowest BCUT2D eigenvalue weighted by Gasteiger charge is -2.11. The summed E-state index contributed by atoms with van der Waals surface area (Å²) >= 11 is 0. The summed E-state index contributed by atoms with van der Waals surface area (Å²) in [4.78, 5) is 0. The van der Waals surface area contributed by atoms with Crippen LogP contribution in [0.15, 0.2) is 36.4 Å². The van der Waals surface area contributed by atoms with Crippen LogP contribution >= 0.6 is 0 Å². The monoisotopic (exact) mass is 274 g/mol. The molecule has 0 heterocycles. The number of phenols is 1. The molecule has 0 aromatic heterocycles. The van der Waals surface area contributed by atoms with E-state index in [-0.39, 0.29) is 5.56 Å². The van der Waals surface area contributed by atoms with E-state index < -0.39 is 34.7 Å². The maximum Gasteiger partial charge on any atom is 0.419 e. The standard InChI is InChI=1S/C13H7F5O/c14-11-6-7(19)4-5-8(11)9-2-1-3-10(12(9)15)13(16,17)18/h1-6,19H. The lowest BCUT2D eigenvalue weighted by atomic mass is 10.0. The van der Waals surface area contributed by atoms with Crippen LogP contribution in [0.1, 0.15) is 5.56 Å². The fourth-order valence-electron chi connectivity index (χ4n) is 1.68. The van der Waals surface area contributed by atoms with Crippen molar-refractivity contribution in [2.45, 2.75) is 6.18 Å². The molecule has 0 fully saturated rings. The lowest BCUT2D eigenvalue weighted by molar-refractivity contribution is -0.139. The Morgan fingerprint density at radius 3 is 2.16 bits per heavy atom. The van der Waals surface area contributed by atoms with E-state index in [2.05, 4.69) is 0 Å². The van der Waals surface area contributed by atoms with E-state index in [0.29, 0.717) is 12.1 Å². The molecule has 2 aromatic carbocycles. The first-order chi connectivity index (χ1) is 8.80. The van der Waals surface area contributed by atoms with Gasteiger partial charge in [0, 0.05) is 17.2 Å². The fraction of sp³-hybridized carbons (Fsp3) is 0.0769. The van der Waals surface area contributed by atoms with Crippen molar-refractivity contribution in [3.8, 4) is 16.9 Å². The van der Waals surface area contributed by atoms with Gasteiger partial charge in [0.15, 0.2) is 0 Å². The Hall–Kier alpha value is -2.11. The molecule has 0 spiro atoms. The van der Waals surface area contributed by atoms with Crippen LogP contribution in [0, 0.1) is 11.6 Å². The second-order valence-electron chi connectivity index (χ2n) is 3.83. The maximum absolute atomic E-state index is 13.8. The van der Waals surface area contributed by atoms with Crippen LogP contribution in [-0.2, 0) is 6.18 Å². The number of hydrogen-bond donors (Lipinski definition) is 1. The van der Waals surface area contributed by atoms with Crippen molar-refractivity contribution in [3.63, 3.8) is 0 Å². The van der Waals surface area contributed by atoms with E-state index in [4.69, 9.17) is 5.11 Å². The molecule has 0 saturated heterocycles. The summed E-state index contributed by atoms with van der Waals surface area (Å²) in [6.45, 7) is 0. The lowest BCUT2D eigenvalue weighted by Crippen LogP contribution is -2.09. The minimum atomic E-state index is -4.85. The van der Waals surface area contributed by atoms with Crippen LogP contribution in [0.25, 0.3) is 11.1 Å². The van der Waals surface area contributed by atoms with Gasteiger partial charge in [-0.1, -0.05) is 12.1 Å². The van der Waals surface area contributed by atoms with Crippen molar-refractivity contribution in [2.75, 3.05) is 0 Å². The molecule has 100 valence electrons. The van der Waals surface area contributed by atoms with Crippen LogP contribution in [0.2, 0.25) is 0 Å².